The highest BCUT2D eigenvalue weighted by molar-refractivity contribution is 7.98. The Labute approximate surface area is 201 Å². The number of nitrogens with one attached hydrogen (secondary N) is 1. The van der Waals surface area contributed by atoms with E-state index in [1.165, 1.54) is 34.4 Å². The van der Waals surface area contributed by atoms with Crippen LogP contribution < -0.4 is 11.1 Å². The van der Waals surface area contributed by atoms with E-state index in [9.17, 15) is 9.59 Å². The van der Waals surface area contributed by atoms with Gasteiger partial charge < -0.3 is 4.98 Å². The van der Waals surface area contributed by atoms with Crippen LogP contribution in [0.15, 0.2) is 63.8 Å². The summed E-state index contributed by atoms with van der Waals surface area (Å²) < 4.78 is 2.25. The van der Waals surface area contributed by atoms with Gasteiger partial charge in [0.25, 0.3) is 11.1 Å². The molecule has 166 valence electrons. The number of fused-ring (bicyclic) bond motifs is 2. The van der Waals surface area contributed by atoms with E-state index in [-0.39, 0.29) is 11.1 Å². The van der Waals surface area contributed by atoms with Gasteiger partial charge in [-0.1, -0.05) is 48.2 Å². The predicted molar refractivity (Wildman–Crippen MR) is 139 cm³/mol. The van der Waals surface area contributed by atoms with Crippen LogP contribution in [0.2, 0.25) is 0 Å². The number of thioether (sulfide) groups is 1. The minimum Gasteiger partial charge on any atom is -0.309 e. The SMILES string of the molecule is C=CCn1c(SCc2nc3sc(C)c(C)c3c(=O)[nH]2)nc2cc(-c3ccccc3)sc2c1=O. The highest BCUT2D eigenvalue weighted by atomic mass is 32.2. The molecule has 0 aliphatic heterocycles. The Morgan fingerprint density at radius 1 is 1.15 bits per heavy atom. The molecule has 5 rings (SSSR count). The molecule has 0 atom stereocenters. The summed E-state index contributed by atoms with van der Waals surface area (Å²) in [6, 6.07) is 11.9. The van der Waals surface area contributed by atoms with E-state index in [0.29, 0.717) is 38.9 Å². The highest BCUT2D eigenvalue weighted by Crippen LogP contribution is 2.32. The lowest BCUT2D eigenvalue weighted by Gasteiger charge is -2.09. The van der Waals surface area contributed by atoms with Crippen LogP contribution in [0.25, 0.3) is 30.9 Å². The highest BCUT2D eigenvalue weighted by Gasteiger charge is 2.16. The fourth-order valence-electron chi connectivity index (χ4n) is 3.64. The molecule has 4 aromatic heterocycles. The lowest BCUT2D eigenvalue weighted by Crippen LogP contribution is -2.22. The smallest absolute Gasteiger partial charge is 0.272 e. The van der Waals surface area contributed by atoms with E-state index >= 15 is 0 Å². The number of hydrogen-bond donors (Lipinski definition) is 1. The van der Waals surface area contributed by atoms with Gasteiger partial charge in [0.05, 0.1) is 16.7 Å². The first-order valence-electron chi connectivity index (χ1n) is 10.3. The topological polar surface area (TPSA) is 80.6 Å². The van der Waals surface area contributed by atoms with Crippen LogP contribution in [-0.4, -0.2) is 19.5 Å². The third-order valence-corrected chi connectivity index (χ3v) is 8.65. The number of hydrogen-bond acceptors (Lipinski definition) is 7. The van der Waals surface area contributed by atoms with Crippen molar-refractivity contribution in [2.24, 2.45) is 0 Å². The van der Waals surface area contributed by atoms with Gasteiger partial charge in [0.1, 0.15) is 15.4 Å². The van der Waals surface area contributed by atoms with Crippen LogP contribution in [-0.2, 0) is 12.3 Å². The molecule has 1 N–H and O–H groups in total. The maximum atomic E-state index is 13.3. The van der Waals surface area contributed by atoms with Crippen LogP contribution in [0.3, 0.4) is 0 Å². The third kappa shape index (κ3) is 3.96. The van der Waals surface area contributed by atoms with E-state index in [0.717, 1.165) is 25.7 Å². The van der Waals surface area contributed by atoms with E-state index < -0.39 is 0 Å². The van der Waals surface area contributed by atoms with Gasteiger partial charge in [0.15, 0.2) is 5.16 Å². The van der Waals surface area contributed by atoms with Gasteiger partial charge in [0, 0.05) is 16.3 Å². The van der Waals surface area contributed by atoms with Crippen molar-refractivity contribution in [3.05, 3.63) is 86.0 Å². The predicted octanol–water partition coefficient (Wildman–Crippen LogP) is 5.52. The molecule has 0 spiro atoms. The number of aromatic amines is 1. The first kappa shape index (κ1) is 21.8. The number of thiophene rings is 2. The Morgan fingerprint density at radius 3 is 2.70 bits per heavy atom. The van der Waals surface area contributed by atoms with Gasteiger partial charge in [-0.3, -0.25) is 14.2 Å². The molecule has 1 aromatic carbocycles. The molecule has 0 aliphatic rings. The molecule has 0 saturated heterocycles. The van der Waals surface area contributed by atoms with Gasteiger partial charge in [-0.25, -0.2) is 9.97 Å². The Kier molecular flexibility index (Phi) is 5.77. The number of H-pyrrole nitrogens is 1. The third-order valence-electron chi connectivity index (χ3n) is 5.39. The van der Waals surface area contributed by atoms with Crippen LogP contribution >= 0.6 is 34.4 Å². The van der Waals surface area contributed by atoms with Crippen LogP contribution in [0.1, 0.15) is 16.3 Å². The minimum atomic E-state index is -0.130. The zero-order chi connectivity index (χ0) is 23.1. The van der Waals surface area contributed by atoms with E-state index in [4.69, 9.17) is 4.98 Å². The van der Waals surface area contributed by atoms with E-state index in [1.54, 1.807) is 10.6 Å². The summed E-state index contributed by atoms with van der Waals surface area (Å²) in [6.45, 7) is 8.08. The molecule has 5 aromatic rings. The van der Waals surface area contributed by atoms with Crippen molar-refractivity contribution in [3.63, 3.8) is 0 Å². The zero-order valence-corrected chi connectivity index (χ0v) is 20.5. The quantitative estimate of drug-likeness (QED) is 0.192. The van der Waals surface area contributed by atoms with Gasteiger partial charge >= 0.3 is 0 Å². The Balaban J connectivity index is 1.54. The molecule has 0 bridgehead atoms. The summed E-state index contributed by atoms with van der Waals surface area (Å²) in [5, 5.41) is 1.23. The molecular weight excluding hydrogens is 472 g/mol. The minimum absolute atomic E-state index is 0.0870. The van der Waals surface area contributed by atoms with Crippen molar-refractivity contribution in [3.8, 4) is 10.4 Å². The standard InChI is InChI=1S/C24H20N4O2S3/c1-4-10-28-23(30)20-16(11-17(33-20)15-8-6-5-7-9-15)25-24(28)31-12-18-26-21(29)19-13(2)14(3)32-22(19)27-18/h4-9,11H,1,10,12H2,2-3H3,(H,26,27,29). The largest absolute Gasteiger partial charge is 0.309 e. The van der Waals surface area contributed by atoms with E-state index in [1.807, 2.05) is 50.2 Å². The molecule has 0 radical (unpaired) electrons. The van der Waals surface area contributed by atoms with Crippen molar-refractivity contribution >= 4 is 54.9 Å². The maximum Gasteiger partial charge on any atom is 0.272 e. The van der Waals surface area contributed by atoms with Gasteiger partial charge in [0.2, 0.25) is 0 Å². The molecule has 0 fully saturated rings. The van der Waals surface area contributed by atoms with Crippen molar-refractivity contribution in [2.75, 3.05) is 0 Å². The zero-order valence-electron chi connectivity index (χ0n) is 18.0. The second-order valence-corrected chi connectivity index (χ2v) is 10.8. The average Bonchev–Trinajstić information content (AvgIpc) is 3.36. The Hall–Kier alpha value is -3.01. The van der Waals surface area contributed by atoms with Gasteiger partial charge in [-0.2, -0.15) is 0 Å². The molecule has 0 unspecified atom stereocenters. The summed E-state index contributed by atoms with van der Waals surface area (Å²) >= 11 is 4.35. The number of aromatic nitrogens is 4. The van der Waals surface area contributed by atoms with E-state index in [2.05, 4.69) is 16.5 Å². The summed E-state index contributed by atoms with van der Waals surface area (Å²) in [7, 11) is 0. The fraction of sp³-hybridized carbons (Fsp3) is 0.167. The van der Waals surface area contributed by atoms with Crippen molar-refractivity contribution in [2.45, 2.75) is 31.3 Å². The lowest BCUT2D eigenvalue weighted by molar-refractivity contribution is 0.672. The second kappa shape index (κ2) is 8.74. The summed E-state index contributed by atoms with van der Waals surface area (Å²) in [4.78, 5) is 41.0. The number of benzene rings is 1. The van der Waals surface area contributed by atoms with Gasteiger partial charge in [-0.05, 0) is 31.0 Å². The fourth-order valence-corrected chi connectivity index (χ4v) is 6.61. The average molecular weight is 493 g/mol. The lowest BCUT2D eigenvalue weighted by atomic mass is 10.2. The van der Waals surface area contributed by atoms with Crippen molar-refractivity contribution < 1.29 is 0 Å². The van der Waals surface area contributed by atoms with Crippen molar-refractivity contribution in [1.29, 1.82) is 0 Å². The molecule has 4 heterocycles. The molecule has 6 nitrogen and oxygen atoms in total. The molecule has 9 heteroatoms. The molecular formula is C24H20N4O2S3. The Bertz CT molecular complexity index is 1630. The van der Waals surface area contributed by atoms with Crippen LogP contribution in [0.4, 0.5) is 0 Å². The normalized spacial score (nSPS) is 11.5. The van der Waals surface area contributed by atoms with Crippen molar-refractivity contribution in [1.82, 2.24) is 19.5 Å². The number of aryl methyl sites for hydroxylation is 2. The molecule has 0 aliphatic carbocycles. The first-order valence-corrected chi connectivity index (χ1v) is 12.9. The number of nitrogens with zero attached hydrogens (tertiary/aromatic N) is 3. The molecule has 0 amide bonds. The summed E-state index contributed by atoms with van der Waals surface area (Å²) in [5.41, 5.74) is 2.49. The monoisotopic (exact) mass is 492 g/mol. The van der Waals surface area contributed by atoms with Crippen LogP contribution in [0, 0.1) is 13.8 Å². The number of allylic oxidation sites excluding steroid dienone is 1. The molecule has 33 heavy (non-hydrogen) atoms. The first-order chi connectivity index (χ1) is 16.0. The van der Waals surface area contributed by atoms with Crippen LogP contribution in [0.5, 0.6) is 0 Å². The second-order valence-electron chi connectivity index (χ2n) is 7.55. The number of rotatable bonds is 6. The summed E-state index contributed by atoms with van der Waals surface area (Å²) in [5.74, 6) is 0.958. The Morgan fingerprint density at radius 2 is 1.94 bits per heavy atom. The maximum absolute atomic E-state index is 13.3. The molecule has 0 saturated carbocycles. The summed E-state index contributed by atoms with van der Waals surface area (Å²) in [6.07, 6.45) is 1.69. The van der Waals surface area contributed by atoms with Gasteiger partial charge in [-0.15, -0.1) is 29.3 Å².